The molecule has 0 atom stereocenters. The molecule has 0 unspecified atom stereocenters. The van der Waals surface area contributed by atoms with E-state index in [9.17, 15) is 19.2 Å². The second kappa shape index (κ2) is 8.47. The molecule has 1 aromatic heterocycles. The zero-order valence-corrected chi connectivity index (χ0v) is 15.4. The van der Waals surface area contributed by atoms with Crippen LogP contribution in [0.5, 0.6) is 0 Å². The lowest BCUT2D eigenvalue weighted by atomic mass is 10.2. The maximum atomic E-state index is 12.1. The van der Waals surface area contributed by atoms with Crippen LogP contribution in [0.25, 0.3) is 0 Å². The molecule has 1 heterocycles. The molecule has 3 rings (SSSR count). The van der Waals surface area contributed by atoms with Crippen LogP contribution in [0.1, 0.15) is 33.7 Å². The van der Waals surface area contributed by atoms with Crippen LogP contribution in [0.4, 0.5) is 5.69 Å². The van der Waals surface area contributed by atoms with Crippen LogP contribution < -0.4 is 21.5 Å². The van der Waals surface area contributed by atoms with Crippen molar-refractivity contribution >= 4 is 23.4 Å². The van der Waals surface area contributed by atoms with Crippen LogP contribution >= 0.6 is 0 Å². The number of rotatable bonds is 7. The minimum absolute atomic E-state index is 0.0147. The average molecular weight is 383 g/mol. The number of carbonyl (C=O) groups is 3. The van der Waals surface area contributed by atoms with Gasteiger partial charge in [-0.3, -0.25) is 19.2 Å². The Morgan fingerprint density at radius 2 is 1.64 bits per heavy atom. The Labute approximate surface area is 161 Å². The molecule has 0 bridgehead atoms. The van der Waals surface area contributed by atoms with Crippen LogP contribution in [-0.2, 0) is 11.8 Å². The largest absolute Gasteiger partial charge is 0.350 e. The first-order valence-corrected chi connectivity index (χ1v) is 8.96. The van der Waals surface area contributed by atoms with Gasteiger partial charge in [-0.2, -0.15) is 5.10 Å². The second-order valence-corrected chi connectivity index (χ2v) is 6.53. The number of hydrogen-bond donors (Lipinski definition) is 3. The van der Waals surface area contributed by atoms with Gasteiger partial charge in [0.2, 0.25) is 5.91 Å². The molecule has 9 heteroatoms. The van der Waals surface area contributed by atoms with Crippen molar-refractivity contribution < 1.29 is 14.4 Å². The second-order valence-electron chi connectivity index (χ2n) is 6.53. The first kappa shape index (κ1) is 19.3. The third kappa shape index (κ3) is 5.03. The number of nitrogens with zero attached hydrogens (tertiary/aromatic N) is 2. The number of aryl methyl sites for hydroxylation is 1. The fraction of sp³-hybridized carbons (Fsp3) is 0.316. The monoisotopic (exact) mass is 383 g/mol. The summed E-state index contributed by atoms with van der Waals surface area (Å²) in [6.07, 6.45) is 1.86. The predicted molar refractivity (Wildman–Crippen MR) is 102 cm³/mol. The summed E-state index contributed by atoms with van der Waals surface area (Å²) in [7, 11) is 1.46. The van der Waals surface area contributed by atoms with E-state index >= 15 is 0 Å². The van der Waals surface area contributed by atoms with E-state index < -0.39 is 5.91 Å². The Kier molecular flexibility index (Phi) is 5.83. The molecule has 1 saturated carbocycles. The van der Waals surface area contributed by atoms with Crippen molar-refractivity contribution in [3.63, 3.8) is 0 Å². The van der Waals surface area contributed by atoms with Crippen LogP contribution in [0.3, 0.4) is 0 Å². The van der Waals surface area contributed by atoms with E-state index in [0.717, 1.165) is 17.5 Å². The molecule has 0 saturated heterocycles. The van der Waals surface area contributed by atoms with E-state index in [1.54, 1.807) is 24.3 Å². The van der Waals surface area contributed by atoms with Crippen molar-refractivity contribution in [1.29, 1.82) is 0 Å². The van der Waals surface area contributed by atoms with Gasteiger partial charge in [-0.1, -0.05) is 0 Å². The van der Waals surface area contributed by atoms with E-state index in [4.69, 9.17) is 0 Å². The molecule has 3 amide bonds. The predicted octanol–water partition coefficient (Wildman–Crippen LogP) is 0.289. The van der Waals surface area contributed by atoms with Crippen molar-refractivity contribution in [2.75, 3.05) is 18.4 Å². The van der Waals surface area contributed by atoms with Gasteiger partial charge in [0.05, 0.1) is 0 Å². The van der Waals surface area contributed by atoms with Gasteiger partial charge in [-0.05, 0) is 43.2 Å². The molecule has 1 aromatic carbocycles. The molecule has 1 aliphatic carbocycles. The van der Waals surface area contributed by atoms with E-state index in [2.05, 4.69) is 21.0 Å². The van der Waals surface area contributed by atoms with Crippen molar-refractivity contribution in [2.45, 2.75) is 12.8 Å². The van der Waals surface area contributed by atoms with Crippen molar-refractivity contribution in [3.8, 4) is 0 Å². The minimum Gasteiger partial charge on any atom is -0.350 e. The van der Waals surface area contributed by atoms with Crippen LogP contribution in [0.15, 0.2) is 41.2 Å². The molecule has 0 radical (unpaired) electrons. The van der Waals surface area contributed by atoms with Crippen LogP contribution in [0.2, 0.25) is 0 Å². The number of hydrogen-bond acceptors (Lipinski definition) is 5. The average Bonchev–Trinajstić information content (AvgIpc) is 3.53. The SMILES string of the molecule is Cn1nc(C(=O)NCCNC(=O)c2ccc(NC(=O)C3CC3)cc2)ccc1=O. The normalized spacial score (nSPS) is 12.9. The smallest absolute Gasteiger partial charge is 0.271 e. The zero-order valence-electron chi connectivity index (χ0n) is 15.4. The van der Waals surface area contributed by atoms with Gasteiger partial charge in [0, 0.05) is 43.4 Å². The molecule has 146 valence electrons. The Morgan fingerprint density at radius 3 is 2.25 bits per heavy atom. The fourth-order valence-corrected chi connectivity index (χ4v) is 2.46. The molecular weight excluding hydrogens is 362 g/mol. The summed E-state index contributed by atoms with van der Waals surface area (Å²) in [5, 5.41) is 12.0. The summed E-state index contributed by atoms with van der Waals surface area (Å²) in [6.45, 7) is 0.446. The first-order valence-electron chi connectivity index (χ1n) is 8.96. The van der Waals surface area contributed by atoms with E-state index in [0.29, 0.717) is 11.3 Å². The highest BCUT2D eigenvalue weighted by molar-refractivity contribution is 5.97. The Balaban J connectivity index is 1.42. The minimum atomic E-state index is -0.430. The fourth-order valence-electron chi connectivity index (χ4n) is 2.46. The Hall–Kier alpha value is -3.49. The molecule has 0 spiro atoms. The van der Waals surface area contributed by atoms with Crippen LogP contribution in [-0.4, -0.2) is 40.6 Å². The molecule has 1 fully saturated rings. The number of aromatic nitrogens is 2. The summed E-state index contributed by atoms with van der Waals surface area (Å²) in [4.78, 5) is 47.1. The molecule has 2 aromatic rings. The van der Waals surface area contributed by atoms with Gasteiger partial charge >= 0.3 is 0 Å². The van der Waals surface area contributed by atoms with E-state index in [-0.39, 0.29) is 42.1 Å². The van der Waals surface area contributed by atoms with Gasteiger partial charge in [0.15, 0.2) is 0 Å². The van der Waals surface area contributed by atoms with E-state index in [1.165, 1.54) is 19.2 Å². The summed E-state index contributed by atoms with van der Waals surface area (Å²) < 4.78 is 1.08. The standard InChI is InChI=1S/C19H21N5O4/c1-24-16(25)9-8-15(23-24)19(28)21-11-10-20-17(26)12-4-6-14(7-5-12)22-18(27)13-2-3-13/h4-9,13H,2-3,10-11H2,1H3,(H,20,26)(H,21,28)(H,22,27). The zero-order chi connectivity index (χ0) is 20.1. The van der Waals surface area contributed by atoms with E-state index in [1.807, 2.05) is 0 Å². The number of nitrogens with one attached hydrogen (secondary N) is 3. The highest BCUT2D eigenvalue weighted by Crippen LogP contribution is 2.30. The Bertz CT molecular complexity index is 948. The molecule has 0 aliphatic heterocycles. The molecule has 3 N–H and O–H groups in total. The topological polar surface area (TPSA) is 122 Å². The molecule has 1 aliphatic rings. The lowest BCUT2D eigenvalue weighted by Crippen LogP contribution is -2.35. The highest BCUT2D eigenvalue weighted by atomic mass is 16.2. The third-order valence-corrected chi connectivity index (χ3v) is 4.25. The Morgan fingerprint density at radius 1 is 1.00 bits per heavy atom. The van der Waals surface area contributed by atoms with Gasteiger partial charge in [-0.15, -0.1) is 0 Å². The number of anilines is 1. The lowest BCUT2D eigenvalue weighted by molar-refractivity contribution is -0.117. The summed E-state index contributed by atoms with van der Waals surface area (Å²) in [5.41, 5.74) is 0.931. The van der Waals surface area contributed by atoms with Gasteiger partial charge in [-0.25, -0.2) is 4.68 Å². The first-order chi connectivity index (χ1) is 13.4. The highest BCUT2D eigenvalue weighted by Gasteiger charge is 2.29. The van der Waals surface area contributed by atoms with Crippen molar-refractivity contribution in [1.82, 2.24) is 20.4 Å². The maximum absolute atomic E-state index is 12.1. The van der Waals surface area contributed by atoms with Gasteiger partial charge in [0.1, 0.15) is 5.69 Å². The maximum Gasteiger partial charge on any atom is 0.271 e. The molecular formula is C19H21N5O4. The summed E-state index contributed by atoms with van der Waals surface area (Å²) in [5.74, 6) is -0.579. The summed E-state index contributed by atoms with van der Waals surface area (Å²) >= 11 is 0. The van der Waals surface area contributed by atoms with Crippen molar-refractivity contribution in [3.05, 3.63) is 58.0 Å². The van der Waals surface area contributed by atoms with Crippen molar-refractivity contribution in [2.24, 2.45) is 13.0 Å². The quantitative estimate of drug-likeness (QED) is 0.593. The van der Waals surface area contributed by atoms with Gasteiger partial charge < -0.3 is 16.0 Å². The number of amides is 3. The van der Waals surface area contributed by atoms with Gasteiger partial charge in [0.25, 0.3) is 17.4 Å². The molecule has 9 nitrogen and oxygen atoms in total. The number of benzene rings is 1. The summed E-state index contributed by atoms with van der Waals surface area (Å²) in [6, 6.07) is 9.24. The number of carbonyl (C=O) groups excluding carboxylic acids is 3. The van der Waals surface area contributed by atoms with Crippen LogP contribution in [0, 0.1) is 5.92 Å². The lowest BCUT2D eigenvalue weighted by Gasteiger charge is -2.08. The molecule has 28 heavy (non-hydrogen) atoms. The third-order valence-electron chi connectivity index (χ3n) is 4.25.